The predicted molar refractivity (Wildman–Crippen MR) is 75.3 cm³/mol. The third-order valence-electron chi connectivity index (χ3n) is 2.49. The SMILES string of the molecule is C[C@H](CC(C)(C)O)NCCOc1ccccc1Cl. The quantitative estimate of drug-likeness (QED) is 0.750. The Morgan fingerprint density at radius 2 is 2.06 bits per heavy atom. The molecule has 0 amide bonds. The van der Waals surface area contributed by atoms with Crippen LogP contribution in [0, 0.1) is 0 Å². The average Bonchev–Trinajstić information content (AvgIpc) is 2.24. The molecule has 0 aliphatic heterocycles. The minimum Gasteiger partial charge on any atom is -0.491 e. The van der Waals surface area contributed by atoms with Crippen molar-refractivity contribution in [3.05, 3.63) is 29.3 Å². The maximum Gasteiger partial charge on any atom is 0.137 e. The number of para-hydroxylation sites is 1. The van der Waals surface area contributed by atoms with Crippen molar-refractivity contribution in [2.75, 3.05) is 13.2 Å². The van der Waals surface area contributed by atoms with Crippen molar-refractivity contribution < 1.29 is 9.84 Å². The van der Waals surface area contributed by atoms with Gasteiger partial charge in [0.1, 0.15) is 12.4 Å². The van der Waals surface area contributed by atoms with Crippen molar-refractivity contribution in [1.82, 2.24) is 5.32 Å². The summed E-state index contributed by atoms with van der Waals surface area (Å²) in [5.74, 6) is 0.705. The first kappa shape index (κ1) is 15.3. The topological polar surface area (TPSA) is 41.5 Å². The number of nitrogens with one attached hydrogen (secondary N) is 1. The first-order chi connectivity index (χ1) is 8.38. The lowest BCUT2D eigenvalue weighted by atomic mass is 10.0. The smallest absolute Gasteiger partial charge is 0.137 e. The summed E-state index contributed by atoms with van der Waals surface area (Å²) in [6.45, 7) is 6.95. The molecule has 0 unspecified atom stereocenters. The maximum atomic E-state index is 9.67. The molecule has 4 heteroatoms. The van der Waals surface area contributed by atoms with Crippen LogP contribution in [-0.4, -0.2) is 29.9 Å². The number of halogens is 1. The molecule has 0 saturated heterocycles. The van der Waals surface area contributed by atoms with E-state index in [1.54, 1.807) is 6.07 Å². The Hall–Kier alpha value is -0.770. The summed E-state index contributed by atoms with van der Waals surface area (Å²) in [4.78, 5) is 0. The Morgan fingerprint density at radius 3 is 2.67 bits per heavy atom. The van der Waals surface area contributed by atoms with Crippen LogP contribution >= 0.6 is 11.6 Å². The fourth-order valence-corrected chi connectivity index (χ4v) is 2.04. The second-order valence-electron chi connectivity index (χ2n) is 5.15. The van der Waals surface area contributed by atoms with E-state index in [0.29, 0.717) is 23.8 Å². The van der Waals surface area contributed by atoms with Crippen LogP contribution < -0.4 is 10.1 Å². The van der Waals surface area contributed by atoms with E-state index in [0.717, 1.165) is 6.54 Å². The van der Waals surface area contributed by atoms with E-state index in [1.807, 2.05) is 39.0 Å². The maximum absolute atomic E-state index is 9.67. The zero-order valence-corrected chi connectivity index (χ0v) is 12.0. The van der Waals surface area contributed by atoms with Crippen molar-refractivity contribution in [1.29, 1.82) is 0 Å². The van der Waals surface area contributed by atoms with Gasteiger partial charge in [0.05, 0.1) is 10.6 Å². The standard InChI is InChI=1S/C14H22ClNO2/c1-11(10-14(2,3)17)16-8-9-18-13-7-5-4-6-12(13)15/h4-7,11,16-17H,8-10H2,1-3H3/t11-/m1/s1. The van der Waals surface area contributed by atoms with Gasteiger partial charge in [0, 0.05) is 12.6 Å². The number of benzene rings is 1. The molecule has 2 N–H and O–H groups in total. The Morgan fingerprint density at radius 1 is 1.39 bits per heavy atom. The molecule has 1 aromatic carbocycles. The number of hydrogen-bond donors (Lipinski definition) is 2. The van der Waals surface area contributed by atoms with Gasteiger partial charge in [-0.1, -0.05) is 23.7 Å². The molecule has 1 aromatic rings. The van der Waals surface area contributed by atoms with Gasteiger partial charge in [-0.05, 0) is 39.3 Å². The monoisotopic (exact) mass is 271 g/mol. The molecule has 0 spiro atoms. The summed E-state index contributed by atoms with van der Waals surface area (Å²) in [7, 11) is 0. The lowest BCUT2D eigenvalue weighted by molar-refractivity contribution is 0.0608. The molecule has 1 atom stereocenters. The number of rotatable bonds is 7. The van der Waals surface area contributed by atoms with Crippen LogP contribution in [0.15, 0.2) is 24.3 Å². The first-order valence-corrected chi connectivity index (χ1v) is 6.59. The summed E-state index contributed by atoms with van der Waals surface area (Å²) in [6.07, 6.45) is 0.707. The van der Waals surface area contributed by atoms with E-state index in [9.17, 15) is 5.11 Å². The zero-order valence-electron chi connectivity index (χ0n) is 11.2. The Balaban J connectivity index is 2.21. The summed E-state index contributed by atoms with van der Waals surface area (Å²) < 4.78 is 5.56. The fraction of sp³-hybridized carbons (Fsp3) is 0.571. The summed E-state index contributed by atoms with van der Waals surface area (Å²) in [5, 5.41) is 13.6. The van der Waals surface area contributed by atoms with E-state index in [-0.39, 0.29) is 6.04 Å². The fourth-order valence-electron chi connectivity index (χ4n) is 1.85. The Bertz CT molecular complexity index is 363. The normalized spacial score (nSPS) is 13.4. The molecule has 1 rings (SSSR count). The molecule has 0 radical (unpaired) electrons. The van der Waals surface area contributed by atoms with E-state index >= 15 is 0 Å². The molecule has 0 heterocycles. The van der Waals surface area contributed by atoms with E-state index in [1.165, 1.54) is 0 Å². The van der Waals surface area contributed by atoms with E-state index in [2.05, 4.69) is 5.32 Å². The molecule has 0 saturated carbocycles. The van der Waals surface area contributed by atoms with Gasteiger partial charge in [-0.15, -0.1) is 0 Å². The number of ether oxygens (including phenoxy) is 1. The van der Waals surface area contributed by atoms with Gasteiger partial charge in [-0.2, -0.15) is 0 Å². The second kappa shape index (κ2) is 6.98. The minimum absolute atomic E-state index is 0.250. The van der Waals surface area contributed by atoms with E-state index < -0.39 is 5.60 Å². The number of hydrogen-bond acceptors (Lipinski definition) is 3. The highest BCUT2D eigenvalue weighted by atomic mass is 35.5. The highest BCUT2D eigenvalue weighted by molar-refractivity contribution is 6.32. The first-order valence-electron chi connectivity index (χ1n) is 6.21. The van der Waals surface area contributed by atoms with Crippen molar-refractivity contribution in [3.63, 3.8) is 0 Å². The molecule has 0 aliphatic rings. The van der Waals surface area contributed by atoms with Crippen LogP contribution in [0.2, 0.25) is 5.02 Å². The van der Waals surface area contributed by atoms with Crippen molar-refractivity contribution in [3.8, 4) is 5.75 Å². The van der Waals surface area contributed by atoms with Gasteiger partial charge in [0.25, 0.3) is 0 Å². The van der Waals surface area contributed by atoms with Crippen molar-refractivity contribution in [2.24, 2.45) is 0 Å². The molecular formula is C14H22ClNO2. The zero-order chi connectivity index (χ0) is 13.6. The lowest BCUT2D eigenvalue weighted by Crippen LogP contribution is -2.36. The molecule has 0 bridgehead atoms. The Kier molecular flexibility index (Phi) is 5.93. The largest absolute Gasteiger partial charge is 0.491 e. The predicted octanol–water partition coefficient (Wildman–Crippen LogP) is 2.86. The van der Waals surface area contributed by atoms with Gasteiger partial charge < -0.3 is 15.2 Å². The van der Waals surface area contributed by atoms with Gasteiger partial charge in [-0.25, -0.2) is 0 Å². The molecule has 0 aliphatic carbocycles. The van der Waals surface area contributed by atoms with Crippen LogP contribution in [0.25, 0.3) is 0 Å². The average molecular weight is 272 g/mol. The van der Waals surface area contributed by atoms with Gasteiger partial charge in [-0.3, -0.25) is 0 Å². The summed E-state index contributed by atoms with van der Waals surface area (Å²) in [5.41, 5.74) is -0.643. The molecule has 18 heavy (non-hydrogen) atoms. The van der Waals surface area contributed by atoms with Crippen molar-refractivity contribution in [2.45, 2.75) is 38.8 Å². The third-order valence-corrected chi connectivity index (χ3v) is 2.81. The van der Waals surface area contributed by atoms with Gasteiger partial charge in [0.2, 0.25) is 0 Å². The highest BCUT2D eigenvalue weighted by Gasteiger charge is 2.16. The molecular weight excluding hydrogens is 250 g/mol. The highest BCUT2D eigenvalue weighted by Crippen LogP contribution is 2.22. The van der Waals surface area contributed by atoms with Crippen LogP contribution in [0.3, 0.4) is 0 Å². The molecule has 3 nitrogen and oxygen atoms in total. The molecule has 102 valence electrons. The van der Waals surface area contributed by atoms with E-state index in [4.69, 9.17) is 16.3 Å². The Labute approximate surface area is 114 Å². The van der Waals surface area contributed by atoms with Crippen LogP contribution in [0.1, 0.15) is 27.2 Å². The lowest BCUT2D eigenvalue weighted by Gasteiger charge is -2.23. The summed E-state index contributed by atoms with van der Waals surface area (Å²) >= 11 is 5.97. The number of aliphatic hydroxyl groups is 1. The van der Waals surface area contributed by atoms with Crippen LogP contribution in [0.5, 0.6) is 5.75 Å². The van der Waals surface area contributed by atoms with Gasteiger partial charge >= 0.3 is 0 Å². The van der Waals surface area contributed by atoms with Crippen molar-refractivity contribution >= 4 is 11.6 Å². The molecule has 0 fully saturated rings. The van der Waals surface area contributed by atoms with Crippen LogP contribution in [0.4, 0.5) is 0 Å². The third kappa shape index (κ3) is 6.24. The second-order valence-corrected chi connectivity index (χ2v) is 5.56. The molecule has 0 aromatic heterocycles. The summed E-state index contributed by atoms with van der Waals surface area (Å²) in [6, 6.07) is 7.67. The van der Waals surface area contributed by atoms with Crippen LogP contribution in [-0.2, 0) is 0 Å². The van der Waals surface area contributed by atoms with Gasteiger partial charge in [0.15, 0.2) is 0 Å². The minimum atomic E-state index is -0.643.